The fourth-order valence-corrected chi connectivity index (χ4v) is 2.84. The average Bonchev–Trinajstić information content (AvgIpc) is 2.51. The number of nitrogens with one attached hydrogen (secondary N) is 1. The molecule has 1 saturated heterocycles. The third-order valence-corrected chi connectivity index (χ3v) is 4.07. The SMILES string of the molecule is CN1C(=O)CCc2cc(C(=O)N3CCNCC3)ccc21.Cl. The van der Waals surface area contributed by atoms with Gasteiger partial charge in [0.1, 0.15) is 0 Å². The second-order valence-corrected chi connectivity index (χ2v) is 5.34. The maximum absolute atomic E-state index is 12.4. The highest BCUT2D eigenvalue weighted by atomic mass is 35.5. The molecule has 1 N–H and O–H groups in total. The summed E-state index contributed by atoms with van der Waals surface area (Å²) in [6.45, 7) is 3.23. The molecule has 1 aromatic rings. The summed E-state index contributed by atoms with van der Waals surface area (Å²) >= 11 is 0. The summed E-state index contributed by atoms with van der Waals surface area (Å²) < 4.78 is 0. The van der Waals surface area contributed by atoms with Crippen molar-refractivity contribution in [2.24, 2.45) is 0 Å². The van der Waals surface area contributed by atoms with Gasteiger partial charge in [-0.3, -0.25) is 9.59 Å². The molecular formula is C15H20ClN3O2. The first-order valence-corrected chi connectivity index (χ1v) is 7.06. The molecule has 0 bridgehead atoms. The zero-order valence-electron chi connectivity index (χ0n) is 12.1. The lowest BCUT2D eigenvalue weighted by Crippen LogP contribution is -2.46. The second kappa shape index (κ2) is 6.45. The summed E-state index contributed by atoms with van der Waals surface area (Å²) in [6.07, 6.45) is 1.25. The highest BCUT2D eigenvalue weighted by molar-refractivity contribution is 5.99. The molecule has 2 amide bonds. The van der Waals surface area contributed by atoms with E-state index in [1.54, 1.807) is 11.9 Å². The van der Waals surface area contributed by atoms with Crippen LogP contribution in [0.25, 0.3) is 0 Å². The third kappa shape index (κ3) is 3.04. The number of aryl methyl sites for hydroxylation is 1. The molecule has 0 aromatic heterocycles. The second-order valence-electron chi connectivity index (χ2n) is 5.34. The van der Waals surface area contributed by atoms with Gasteiger partial charge in [-0.1, -0.05) is 0 Å². The molecule has 5 nitrogen and oxygen atoms in total. The molecule has 1 fully saturated rings. The molecular weight excluding hydrogens is 290 g/mol. The van der Waals surface area contributed by atoms with Crippen LogP contribution in [0.2, 0.25) is 0 Å². The minimum Gasteiger partial charge on any atom is -0.336 e. The third-order valence-electron chi connectivity index (χ3n) is 4.07. The molecule has 0 saturated carbocycles. The van der Waals surface area contributed by atoms with Crippen molar-refractivity contribution < 1.29 is 9.59 Å². The standard InChI is InChI=1S/C15H19N3O2.ClH/c1-17-13-4-2-12(10-11(13)3-5-14(17)19)15(20)18-8-6-16-7-9-18;/h2,4,10,16H,3,5-9H2,1H3;1H. The Hall–Kier alpha value is -1.59. The van der Waals surface area contributed by atoms with E-state index in [9.17, 15) is 9.59 Å². The fourth-order valence-electron chi connectivity index (χ4n) is 2.84. The first kappa shape index (κ1) is 15.8. The lowest BCUT2D eigenvalue weighted by atomic mass is 9.98. The molecule has 21 heavy (non-hydrogen) atoms. The van der Waals surface area contributed by atoms with Gasteiger partial charge in [-0.05, 0) is 30.2 Å². The highest BCUT2D eigenvalue weighted by Crippen LogP contribution is 2.27. The van der Waals surface area contributed by atoms with Gasteiger partial charge in [0, 0.05) is 50.9 Å². The van der Waals surface area contributed by atoms with E-state index in [4.69, 9.17) is 0 Å². The molecule has 2 aliphatic heterocycles. The Morgan fingerprint density at radius 2 is 1.90 bits per heavy atom. The number of hydrogen-bond donors (Lipinski definition) is 1. The van der Waals surface area contributed by atoms with Crippen molar-refractivity contribution in [1.82, 2.24) is 10.2 Å². The van der Waals surface area contributed by atoms with Gasteiger partial charge in [0.05, 0.1) is 0 Å². The largest absolute Gasteiger partial charge is 0.336 e. The Bertz CT molecular complexity index is 556. The van der Waals surface area contributed by atoms with Crippen molar-refractivity contribution in [2.45, 2.75) is 12.8 Å². The average molecular weight is 310 g/mol. The number of piperazine rings is 1. The number of anilines is 1. The quantitative estimate of drug-likeness (QED) is 0.844. The summed E-state index contributed by atoms with van der Waals surface area (Å²) in [4.78, 5) is 27.7. The maximum atomic E-state index is 12.4. The summed E-state index contributed by atoms with van der Waals surface area (Å²) in [5, 5.41) is 3.24. The van der Waals surface area contributed by atoms with Crippen molar-refractivity contribution in [3.05, 3.63) is 29.3 Å². The van der Waals surface area contributed by atoms with Crippen molar-refractivity contribution in [3.8, 4) is 0 Å². The van der Waals surface area contributed by atoms with Crippen LogP contribution in [0.15, 0.2) is 18.2 Å². The number of hydrogen-bond acceptors (Lipinski definition) is 3. The molecule has 0 radical (unpaired) electrons. The number of rotatable bonds is 1. The summed E-state index contributed by atoms with van der Waals surface area (Å²) in [6, 6.07) is 5.67. The monoisotopic (exact) mass is 309 g/mol. The smallest absolute Gasteiger partial charge is 0.253 e. The van der Waals surface area contributed by atoms with Crippen LogP contribution < -0.4 is 10.2 Å². The number of nitrogens with zero attached hydrogens (tertiary/aromatic N) is 2. The summed E-state index contributed by atoms with van der Waals surface area (Å²) in [5.41, 5.74) is 2.75. The predicted molar refractivity (Wildman–Crippen MR) is 84.2 cm³/mol. The van der Waals surface area contributed by atoms with E-state index in [-0.39, 0.29) is 24.2 Å². The van der Waals surface area contributed by atoms with Gasteiger partial charge in [-0.2, -0.15) is 0 Å². The molecule has 0 atom stereocenters. The van der Waals surface area contributed by atoms with Crippen molar-refractivity contribution in [1.29, 1.82) is 0 Å². The van der Waals surface area contributed by atoms with Gasteiger partial charge in [0.25, 0.3) is 5.91 Å². The number of fused-ring (bicyclic) bond motifs is 1. The maximum Gasteiger partial charge on any atom is 0.253 e. The molecule has 2 heterocycles. The zero-order chi connectivity index (χ0) is 14.1. The van der Waals surface area contributed by atoms with Crippen LogP contribution in [0.5, 0.6) is 0 Å². The molecule has 0 unspecified atom stereocenters. The number of halogens is 1. The molecule has 6 heteroatoms. The van der Waals surface area contributed by atoms with E-state index in [0.717, 1.165) is 49.4 Å². The Kier molecular flexibility index (Phi) is 4.85. The zero-order valence-corrected chi connectivity index (χ0v) is 12.9. The summed E-state index contributed by atoms with van der Waals surface area (Å²) in [5.74, 6) is 0.229. The molecule has 1 aromatic carbocycles. The summed E-state index contributed by atoms with van der Waals surface area (Å²) in [7, 11) is 1.79. The molecule has 114 valence electrons. The highest BCUT2D eigenvalue weighted by Gasteiger charge is 2.23. The molecule has 0 aliphatic carbocycles. The molecule has 3 rings (SSSR count). The Labute approximate surface area is 130 Å². The van der Waals surface area contributed by atoms with Crippen molar-refractivity contribution in [3.63, 3.8) is 0 Å². The number of amides is 2. The Morgan fingerprint density at radius 3 is 2.62 bits per heavy atom. The lowest BCUT2D eigenvalue weighted by molar-refractivity contribution is -0.118. The number of carbonyl (C=O) groups excluding carboxylic acids is 2. The number of benzene rings is 1. The van der Waals surface area contributed by atoms with Crippen LogP contribution >= 0.6 is 12.4 Å². The lowest BCUT2D eigenvalue weighted by Gasteiger charge is -2.29. The van der Waals surface area contributed by atoms with E-state index in [0.29, 0.717) is 6.42 Å². The van der Waals surface area contributed by atoms with Gasteiger partial charge in [-0.25, -0.2) is 0 Å². The first-order chi connectivity index (χ1) is 9.66. The van der Waals surface area contributed by atoms with Gasteiger partial charge in [0.15, 0.2) is 0 Å². The normalized spacial score (nSPS) is 18.0. The van der Waals surface area contributed by atoms with Crippen molar-refractivity contribution >= 4 is 29.9 Å². The van der Waals surface area contributed by atoms with Gasteiger partial charge >= 0.3 is 0 Å². The van der Waals surface area contributed by atoms with Gasteiger partial charge in [-0.15, -0.1) is 12.4 Å². The van der Waals surface area contributed by atoms with Crippen molar-refractivity contribution in [2.75, 3.05) is 38.1 Å². The van der Waals surface area contributed by atoms with Crippen LogP contribution in [0.1, 0.15) is 22.3 Å². The van der Waals surface area contributed by atoms with E-state index in [1.165, 1.54) is 0 Å². The van der Waals surface area contributed by atoms with Crippen LogP contribution in [-0.2, 0) is 11.2 Å². The minimum absolute atomic E-state index is 0. The van der Waals surface area contributed by atoms with E-state index in [2.05, 4.69) is 5.32 Å². The molecule has 2 aliphatic rings. The number of carbonyl (C=O) groups is 2. The van der Waals surface area contributed by atoms with Crippen LogP contribution in [-0.4, -0.2) is 49.9 Å². The predicted octanol–water partition coefficient (Wildman–Crippen LogP) is 1.06. The molecule has 0 spiro atoms. The van der Waals surface area contributed by atoms with Crippen LogP contribution in [0, 0.1) is 0 Å². The minimum atomic E-state index is 0. The van der Waals surface area contributed by atoms with E-state index < -0.39 is 0 Å². The van der Waals surface area contributed by atoms with Crippen LogP contribution in [0.3, 0.4) is 0 Å². The van der Waals surface area contributed by atoms with E-state index >= 15 is 0 Å². The fraction of sp³-hybridized carbons (Fsp3) is 0.467. The van der Waals surface area contributed by atoms with Gasteiger partial charge in [0.2, 0.25) is 5.91 Å². The Morgan fingerprint density at radius 1 is 1.19 bits per heavy atom. The topological polar surface area (TPSA) is 52.7 Å². The van der Waals surface area contributed by atoms with Crippen LogP contribution in [0.4, 0.5) is 5.69 Å². The van der Waals surface area contributed by atoms with E-state index in [1.807, 2.05) is 23.1 Å². The first-order valence-electron chi connectivity index (χ1n) is 7.06. The van der Waals surface area contributed by atoms with Gasteiger partial charge < -0.3 is 15.1 Å². The Balaban J connectivity index is 0.00000161.